The number of benzene rings is 2. The van der Waals surface area contributed by atoms with E-state index in [1.54, 1.807) is 23.5 Å². The Balaban J connectivity index is 1.25. The third-order valence-corrected chi connectivity index (χ3v) is 6.54. The zero-order valence-corrected chi connectivity index (χ0v) is 16.0. The molecular weight excluding hydrogens is 357 g/mol. The Morgan fingerprint density at radius 1 is 1.07 bits per heavy atom. The van der Waals surface area contributed by atoms with Crippen molar-refractivity contribution in [3.63, 3.8) is 0 Å². The predicted molar refractivity (Wildman–Crippen MR) is 110 cm³/mol. The number of nitrogens with zero attached hydrogens (tertiary/aromatic N) is 3. The van der Waals surface area contributed by atoms with Gasteiger partial charge in [0.2, 0.25) is 0 Å². The molecule has 0 bridgehead atoms. The fourth-order valence-electron chi connectivity index (χ4n) is 4.18. The summed E-state index contributed by atoms with van der Waals surface area (Å²) in [7, 11) is 0. The molecule has 0 amide bonds. The smallest absolute Gasteiger partial charge is 0.123 e. The van der Waals surface area contributed by atoms with Gasteiger partial charge >= 0.3 is 0 Å². The van der Waals surface area contributed by atoms with Gasteiger partial charge in [0.25, 0.3) is 0 Å². The van der Waals surface area contributed by atoms with Crippen LogP contribution in [0.2, 0.25) is 0 Å². The van der Waals surface area contributed by atoms with E-state index in [0.717, 1.165) is 31.6 Å². The molecular formula is C22H22FN3S. The van der Waals surface area contributed by atoms with Gasteiger partial charge in [-0.3, -0.25) is 0 Å². The summed E-state index contributed by atoms with van der Waals surface area (Å²) in [6.07, 6.45) is 5.57. The Labute approximate surface area is 162 Å². The quantitative estimate of drug-likeness (QED) is 0.482. The van der Waals surface area contributed by atoms with Crippen LogP contribution in [0, 0.1) is 5.82 Å². The van der Waals surface area contributed by atoms with Crippen LogP contribution in [0.15, 0.2) is 54.2 Å². The molecule has 5 rings (SSSR count). The molecule has 0 unspecified atom stereocenters. The van der Waals surface area contributed by atoms with Crippen molar-refractivity contribution in [2.75, 3.05) is 19.6 Å². The minimum absolute atomic E-state index is 0.159. The van der Waals surface area contributed by atoms with Crippen molar-refractivity contribution in [3.05, 3.63) is 65.6 Å². The van der Waals surface area contributed by atoms with Crippen LogP contribution in [-0.2, 0) is 6.42 Å². The average Bonchev–Trinajstić information content (AvgIpc) is 3.32. The lowest BCUT2D eigenvalue weighted by Crippen LogP contribution is -2.35. The molecule has 0 atom stereocenters. The lowest BCUT2D eigenvalue weighted by atomic mass is 10.0. The molecule has 1 aliphatic rings. The molecule has 2 aromatic heterocycles. The summed E-state index contributed by atoms with van der Waals surface area (Å²) in [6, 6.07) is 14.2. The molecule has 0 N–H and O–H groups in total. The van der Waals surface area contributed by atoms with Crippen molar-refractivity contribution in [1.82, 2.24) is 14.5 Å². The summed E-state index contributed by atoms with van der Waals surface area (Å²) in [4.78, 5) is 7.01. The molecule has 3 nitrogen and oxygen atoms in total. The van der Waals surface area contributed by atoms with Gasteiger partial charge in [0.1, 0.15) is 5.82 Å². The molecule has 0 saturated carbocycles. The Bertz CT molecular complexity index is 1060. The van der Waals surface area contributed by atoms with Crippen LogP contribution in [-0.4, -0.2) is 34.1 Å². The van der Waals surface area contributed by atoms with Gasteiger partial charge in [-0.05, 0) is 55.2 Å². The van der Waals surface area contributed by atoms with Gasteiger partial charge in [-0.25, -0.2) is 9.37 Å². The molecule has 0 radical (unpaired) electrons. The van der Waals surface area contributed by atoms with Gasteiger partial charge in [0.05, 0.1) is 21.2 Å². The highest BCUT2D eigenvalue weighted by atomic mass is 32.1. The molecule has 0 aliphatic carbocycles. The van der Waals surface area contributed by atoms with Crippen molar-refractivity contribution in [3.8, 4) is 0 Å². The first kappa shape index (κ1) is 16.9. The van der Waals surface area contributed by atoms with E-state index in [1.165, 1.54) is 34.0 Å². The first-order valence-electron chi connectivity index (χ1n) is 9.57. The summed E-state index contributed by atoms with van der Waals surface area (Å²) >= 11 is 1.70. The molecule has 1 saturated heterocycles. The zero-order valence-electron chi connectivity index (χ0n) is 15.1. The Kier molecular flexibility index (Phi) is 4.42. The van der Waals surface area contributed by atoms with Crippen molar-refractivity contribution < 1.29 is 4.39 Å². The zero-order chi connectivity index (χ0) is 18.2. The lowest BCUT2D eigenvalue weighted by Gasteiger charge is -2.33. The SMILES string of the molecule is Fc1ccc(CCN2CCC(n3ccc4cc5scnc5cc43)CC2)cc1. The van der Waals surface area contributed by atoms with E-state index in [9.17, 15) is 4.39 Å². The number of halogens is 1. The van der Waals surface area contributed by atoms with Gasteiger partial charge in [0.15, 0.2) is 0 Å². The van der Waals surface area contributed by atoms with Crippen LogP contribution in [0.4, 0.5) is 4.39 Å². The number of fused-ring (bicyclic) bond motifs is 2. The molecule has 2 aromatic carbocycles. The molecule has 138 valence electrons. The third kappa shape index (κ3) is 3.37. The summed E-state index contributed by atoms with van der Waals surface area (Å²) in [5.41, 5.74) is 5.54. The van der Waals surface area contributed by atoms with Gasteiger partial charge in [-0.1, -0.05) is 12.1 Å². The maximum atomic E-state index is 13.0. The first-order chi connectivity index (χ1) is 13.3. The maximum absolute atomic E-state index is 13.0. The summed E-state index contributed by atoms with van der Waals surface area (Å²) in [5, 5.41) is 1.31. The number of likely N-dealkylation sites (tertiary alicyclic amines) is 1. The minimum atomic E-state index is -0.159. The molecule has 5 heteroatoms. The van der Waals surface area contributed by atoms with Crippen molar-refractivity contribution in [2.24, 2.45) is 0 Å². The minimum Gasteiger partial charge on any atom is -0.344 e. The van der Waals surface area contributed by atoms with E-state index in [2.05, 4.69) is 38.8 Å². The molecule has 1 aliphatic heterocycles. The molecule has 1 fully saturated rings. The van der Waals surface area contributed by atoms with Crippen LogP contribution >= 0.6 is 11.3 Å². The van der Waals surface area contributed by atoms with Crippen LogP contribution in [0.25, 0.3) is 21.1 Å². The van der Waals surface area contributed by atoms with Crippen molar-refractivity contribution >= 4 is 32.5 Å². The number of hydrogen-bond acceptors (Lipinski definition) is 3. The molecule has 4 aromatic rings. The Hall–Kier alpha value is -2.24. The first-order valence-corrected chi connectivity index (χ1v) is 10.4. The number of hydrogen-bond donors (Lipinski definition) is 0. The second-order valence-corrected chi connectivity index (χ2v) is 8.29. The third-order valence-electron chi connectivity index (χ3n) is 5.75. The number of aromatic nitrogens is 2. The van der Waals surface area contributed by atoms with E-state index < -0.39 is 0 Å². The van der Waals surface area contributed by atoms with Gasteiger partial charge in [0, 0.05) is 37.3 Å². The Morgan fingerprint density at radius 2 is 1.89 bits per heavy atom. The summed E-state index contributed by atoms with van der Waals surface area (Å²) in [5.74, 6) is -0.159. The van der Waals surface area contributed by atoms with Crippen molar-refractivity contribution in [1.29, 1.82) is 0 Å². The van der Waals surface area contributed by atoms with Gasteiger partial charge in [-0.2, -0.15) is 0 Å². The van der Waals surface area contributed by atoms with Gasteiger partial charge in [-0.15, -0.1) is 11.3 Å². The van der Waals surface area contributed by atoms with E-state index in [1.807, 2.05) is 17.6 Å². The van der Waals surface area contributed by atoms with Crippen LogP contribution < -0.4 is 0 Å². The van der Waals surface area contributed by atoms with E-state index >= 15 is 0 Å². The maximum Gasteiger partial charge on any atom is 0.123 e. The standard InChI is InChI=1S/C22H22FN3S/c23-18-3-1-16(2-4-18)5-9-25-10-7-19(8-11-25)26-12-6-17-13-22-20(14-21(17)26)24-15-27-22/h1-4,6,12-15,19H,5,7-11H2. The van der Waals surface area contributed by atoms with Crippen LogP contribution in [0.3, 0.4) is 0 Å². The second-order valence-electron chi connectivity index (χ2n) is 7.40. The predicted octanol–water partition coefficient (Wildman–Crippen LogP) is 5.27. The van der Waals surface area contributed by atoms with E-state index in [0.29, 0.717) is 6.04 Å². The van der Waals surface area contributed by atoms with Gasteiger partial charge < -0.3 is 9.47 Å². The highest BCUT2D eigenvalue weighted by Gasteiger charge is 2.21. The largest absolute Gasteiger partial charge is 0.344 e. The topological polar surface area (TPSA) is 21.1 Å². The summed E-state index contributed by atoms with van der Waals surface area (Å²) < 4.78 is 16.7. The van der Waals surface area contributed by atoms with Crippen LogP contribution in [0.1, 0.15) is 24.4 Å². The van der Waals surface area contributed by atoms with Crippen LogP contribution in [0.5, 0.6) is 0 Å². The number of rotatable bonds is 4. The monoisotopic (exact) mass is 379 g/mol. The van der Waals surface area contributed by atoms with Crippen molar-refractivity contribution in [2.45, 2.75) is 25.3 Å². The fraction of sp³-hybridized carbons (Fsp3) is 0.318. The number of piperidine rings is 1. The number of thiazole rings is 1. The highest BCUT2D eigenvalue weighted by molar-refractivity contribution is 7.16. The molecule has 27 heavy (non-hydrogen) atoms. The molecule has 0 spiro atoms. The van der Waals surface area contributed by atoms with E-state index in [-0.39, 0.29) is 5.82 Å². The second kappa shape index (κ2) is 7.06. The Morgan fingerprint density at radius 3 is 2.70 bits per heavy atom. The highest BCUT2D eigenvalue weighted by Crippen LogP contribution is 2.31. The summed E-state index contributed by atoms with van der Waals surface area (Å²) in [6.45, 7) is 3.28. The lowest BCUT2D eigenvalue weighted by molar-refractivity contribution is 0.190. The fourth-order valence-corrected chi connectivity index (χ4v) is 4.89. The normalized spacial score (nSPS) is 16.5. The van der Waals surface area contributed by atoms with E-state index in [4.69, 9.17) is 0 Å². The molecule has 3 heterocycles. The average molecular weight is 380 g/mol.